The molecule has 0 aliphatic heterocycles. The van der Waals surface area contributed by atoms with Crippen LogP contribution in [0.1, 0.15) is 38.8 Å². The van der Waals surface area contributed by atoms with E-state index in [0.717, 1.165) is 11.6 Å². The fraction of sp³-hybridized carbons (Fsp3) is 0.429. The van der Waals surface area contributed by atoms with E-state index in [0.29, 0.717) is 17.5 Å². The van der Waals surface area contributed by atoms with Gasteiger partial charge in [-0.15, -0.1) is 0 Å². The maximum absolute atomic E-state index is 14.2. The van der Waals surface area contributed by atoms with Crippen LogP contribution in [0, 0.1) is 11.6 Å². The van der Waals surface area contributed by atoms with E-state index in [1.165, 1.54) is 0 Å². The summed E-state index contributed by atoms with van der Waals surface area (Å²) in [7, 11) is 0. The van der Waals surface area contributed by atoms with Gasteiger partial charge in [-0.25, -0.2) is 8.78 Å². The van der Waals surface area contributed by atoms with Crippen LogP contribution in [0.5, 0.6) is 5.75 Å². The number of rotatable bonds is 1. The molecule has 0 radical (unpaired) electrons. The summed E-state index contributed by atoms with van der Waals surface area (Å²) in [5.74, 6) is -0.861. The highest BCUT2D eigenvalue weighted by Gasteiger charge is 2.25. The van der Waals surface area contributed by atoms with E-state index >= 15 is 0 Å². The molecule has 0 amide bonds. The standard InChI is InChI=1S/C14H16F2O/c1-8-5-6-9-10(15)7-11(13(16)12(8)9)17-14(2,3)4/h5,7H,6H2,1-4H3. The van der Waals surface area contributed by atoms with Gasteiger partial charge in [0.25, 0.3) is 0 Å². The Morgan fingerprint density at radius 3 is 2.47 bits per heavy atom. The molecule has 17 heavy (non-hydrogen) atoms. The van der Waals surface area contributed by atoms with Crippen LogP contribution < -0.4 is 4.74 Å². The van der Waals surface area contributed by atoms with Gasteiger partial charge in [0.1, 0.15) is 11.4 Å². The van der Waals surface area contributed by atoms with Crippen LogP contribution in [-0.4, -0.2) is 5.60 Å². The molecule has 0 atom stereocenters. The van der Waals surface area contributed by atoms with Gasteiger partial charge in [-0.2, -0.15) is 0 Å². The van der Waals surface area contributed by atoms with Crippen LogP contribution in [0.4, 0.5) is 8.78 Å². The largest absolute Gasteiger partial charge is 0.485 e. The maximum atomic E-state index is 14.2. The van der Waals surface area contributed by atoms with Crippen LogP contribution in [-0.2, 0) is 6.42 Å². The number of allylic oxidation sites excluding steroid dienone is 2. The third-order valence-electron chi connectivity index (χ3n) is 2.71. The molecule has 0 N–H and O–H groups in total. The zero-order valence-electron chi connectivity index (χ0n) is 10.5. The quantitative estimate of drug-likeness (QED) is 0.715. The Bertz CT molecular complexity index is 496. The van der Waals surface area contributed by atoms with E-state index in [2.05, 4.69) is 0 Å². The fourth-order valence-electron chi connectivity index (χ4n) is 2.01. The van der Waals surface area contributed by atoms with Crippen molar-refractivity contribution in [3.63, 3.8) is 0 Å². The molecule has 2 rings (SSSR count). The summed E-state index contributed by atoms with van der Waals surface area (Å²) in [4.78, 5) is 0. The lowest BCUT2D eigenvalue weighted by Crippen LogP contribution is -2.24. The lowest BCUT2D eigenvalue weighted by Gasteiger charge is -2.22. The Morgan fingerprint density at radius 1 is 1.24 bits per heavy atom. The third-order valence-corrected chi connectivity index (χ3v) is 2.71. The molecule has 0 unspecified atom stereocenters. The van der Waals surface area contributed by atoms with Gasteiger partial charge in [0.2, 0.25) is 0 Å². The molecule has 1 aliphatic carbocycles. The second-order valence-electron chi connectivity index (χ2n) is 5.33. The van der Waals surface area contributed by atoms with Crippen LogP contribution in [0.25, 0.3) is 5.57 Å². The van der Waals surface area contributed by atoms with Gasteiger partial charge in [0, 0.05) is 17.2 Å². The van der Waals surface area contributed by atoms with Crippen LogP contribution in [0.3, 0.4) is 0 Å². The second-order valence-corrected chi connectivity index (χ2v) is 5.33. The van der Waals surface area contributed by atoms with Crippen molar-refractivity contribution < 1.29 is 13.5 Å². The summed E-state index contributed by atoms with van der Waals surface area (Å²) in [6, 6.07) is 1.14. The van der Waals surface area contributed by atoms with Crippen molar-refractivity contribution in [2.24, 2.45) is 0 Å². The van der Waals surface area contributed by atoms with Gasteiger partial charge in [-0.1, -0.05) is 6.08 Å². The van der Waals surface area contributed by atoms with E-state index in [1.54, 1.807) is 27.7 Å². The van der Waals surface area contributed by atoms with Crippen molar-refractivity contribution in [3.05, 3.63) is 34.9 Å². The van der Waals surface area contributed by atoms with Crippen LogP contribution in [0.2, 0.25) is 0 Å². The maximum Gasteiger partial charge on any atom is 0.173 e. The molecular formula is C14H16F2O. The minimum atomic E-state index is -0.544. The van der Waals surface area contributed by atoms with E-state index in [1.807, 2.05) is 6.08 Å². The highest BCUT2D eigenvalue weighted by Crippen LogP contribution is 2.37. The normalized spacial score (nSPS) is 14.6. The van der Waals surface area contributed by atoms with Crippen molar-refractivity contribution in [2.75, 3.05) is 0 Å². The number of benzene rings is 1. The van der Waals surface area contributed by atoms with Gasteiger partial charge >= 0.3 is 0 Å². The van der Waals surface area contributed by atoms with E-state index in [-0.39, 0.29) is 5.75 Å². The smallest absolute Gasteiger partial charge is 0.173 e. The highest BCUT2D eigenvalue weighted by molar-refractivity contribution is 5.73. The zero-order valence-corrected chi connectivity index (χ0v) is 10.5. The summed E-state index contributed by atoms with van der Waals surface area (Å²) in [5, 5.41) is 0. The Hall–Kier alpha value is -1.38. The minimum Gasteiger partial charge on any atom is -0.485 e. The number of halogens is 2. The topological polar surface area (TPSA) is 9.23 Å². The monoisotopic (exact) mass is 238 g/mol. The predicted octanol–water partition coefficient (Wildman–Crippen LogP) is 4.10. The molecule has 0 heterocycles. The van der Waals surface area contributed by atoms with Crippen molar-refractivity contribution >= 4 is 5.57 Å². The minimum absolute atomic E-state index is 0.0107. The highest BCUT2D eigenvalue weighted by atomic mass is 19.1. The van der Waals surface area contributed by atoms with Crippen molar-refractivity contribution in [1.82, 2.24) is 0 Å². The molecule has 0 aromatic heterocycles. The van der Waals surface area contributed by atoms with Crippen LogP contribution >= 0.6 is 0 Å². The number of hydrogen-bond donors (Lipinski definition) is 0. The first-order valence-corrected chi connectivity index (χ1v) is 5.66. The van der Waals surface area contributed by atoms with E-state index in [9.17, 15) is 8.78 Å². The molecule has 1 aromatic rings. The molecule has 0 bridgehead atoms. The van der Waals surface area contributed by atoms with Gasteiger partial charge < -0.3 is 4.74 Å². The summed E-state index contributed by atoms with van der Waals surface area (Å²) in [6.45, 7) is 7.20. The lowest BCUT2D eigenvalue weighted by molar-refractivity contribution is 0.123. The average molecular weight is 238 g/mol. The van der Waals surface area contributed by atoms with Gasteiger partial charge in [0.15, 0.2) is 11.6 Å². The molecule has 92 valence electrons. The summed E-state index contributed by atoms with van der Waals surface area (Å²) >= 11 is 0. The zero-order chi connectivity index (χ0) is 12.8. The molecule has 1 aliphatic rings. The van der Waals surface area contributed by atoms with E-state index in [4.69, 9.17) is 4.74 Å². The van der Waals surface area contributed by atoms with Gasteiger partial charge in [-0.05, 0) is 39.7 Å². The first-order valence-electron chi connectivity index (χ1n) is 5.66. The Balaban J connectivity index is 2.53. The van der Waals surface area contributed by atoms with Gasteiger partial charge in [-0.3, -0.25) is 0 Å². The molecule has 0 spiro atoms. The van der Waals surface area contributed by atoms with Crippen LogP contribution in [0.15, 0.2) is 12.1 Å². The molecule has 1 nitrogen and oxygen atoms in total. The Labute approximate surface area is 100 Å². The first kappa shape index (κ1) is 12.1. The number of ether oxygens (including phenoxy) is 1. The summed E-state index contributed by atoms with van der Waals surface area (Å²) < 4.78 is 33.4. The molecule has 0 fully saturated rings. The molecule has 0 saturated heterocycles. The summed E-state index contributed by atoms with van der Waals surface area (Å²) in [5.41, 5.74) is 1.03. The lowest BCUT2D eigenvalue weighted by atomic mass is 10.0. The van der Waals surface area contributed by atoms with Crippen molar-refractivity contribution in [3.8, 4) is 5.75 Å². The molecule has 0 saturated carbocycles. The summed E-state index contributed by atoms with van der Waals surface area (Å²) in [6.07, 6.45) is 2.29. The first-order chi connectivity index (χ1) is 7.79. The number of fused-ring (bicyclic) bond motifs is 1. The molecule has 1 aromatic carbocycles. The predicted molar refractivity (Wildman–Crippen MR) is 64.1 cm³/mol. The fourth-order valence-corrected chi connectivity index (χ4v) is 2.01. The molecular weight excluding hydrogens is 222 g/mol. The second kappa shape index (κ2) is 3.83. The average Bonchev–Trinajstić information content (AvgIpc) is 2.55. The SMILES string of the molecule is CC1=CCc2c(F)cc(OC(C)(C)C)c(F)c21. The van der Waals surface area contributed by atoms with Crippen molar-refractivity contribution in [1.29, 1.82) is 0 Å². The Morgan fingerprint density at radius 2 is 1.88 bits per heavy atom. The van der Waals surface area contributed by atoms with Gasteiger partial charge in [0.05, 0.1) is 0 Å². The Kier molecular flexibility index (Phi) is 2.72. The number of hydrogen-bond acceptors (Lipinski definition) is 1. The molecule has 3 heteroatoms. The third kappa shape index (κ3) is 2.19. The van der Waals surface area contributed by atoms with E-state index < -0.39 is 17.2 Å². The van der Waals surface area contributed by atoms with Crippen molar-refractivity contribution in [2.45, 2.75) is 39.7 Å².